The number of rotatable bonds is 4. The minimum atomic E-state index is 0.0674. The van der Waals surface area contributed by atoms with Gasteiger partial charge in [-0.05, 0) is 31.9 Å². The van der Waals surface area contributed by atoms with Gasteiger partial charge in [-0.25, -0.2) is 0 Å². The second-order valence-corrected chi connectivity index (χ2v) is 5.18. The van der Waals surface area contributed by atoms with Crippen molar-refractivity contribution in [1.82, 2.24) is 5.32 Å². The molecule has 72 valence electrons. The van der Waals surface area contributed by atoms with E-state index in [0.717, 1.165) is 19.4 Å². The summed E-state index contributed by atoms with van der Waals surface area (Å²) in [6, 6.07) is 4.29. The van der Waals surface area contributed by atoms with Crippen molar-refractivity contribution in [3.63, 3.8) is 0 Å². The number of hydrogen-bond acceptors (Lipinski definition) is 3. The molecule has 2 N–H and O–H groups in total. The Balaban J connectivity index is 1.86. The van der Waals surface area contributed by atoms with Crippen LogP contribution < -0.4 is 5.32 Å². The van der Waals surface area contributed by atoms with Gasteiger partial charge in [0.15, 0.2) is 0 Å². The number of nitrogens with one attached hydrogen (secondary N) is 1. The molecule has 1 aliphatic carbocycles. The second-order valence-electron chi connectivity index (χ2n) is 3.80. The predicted molar refractivity (Wildman–Crippen MR) is 54.9 cm³/mol. The predicted octanol–water partition coefficient (Wildman–Crippen LogP) is 1.67. The van der Waals surface area contributed by atoms with Crippen LogP contribution in [0, 0.1) is 6.92 Å². The molecule has 1 saturated carbocycles. The molecule has 0 atom stereocenters. The van der Waals surface area contributed by atoms with E-state index in [0.29, 0.717) is 0 Å². The largest absolute Gasteiger partial charge is 0.394 e. The Morgan fingerprint density at radius 2 is 2.31 bits per heavy atom. The van der Waals surface area contributed by atoms with E-state index >= 15 is 0 Å². The maximum Gasteiger partial charge on any atom is 0.0613 e. The molecule has 0 bridgehead atoms. The van der Waals surface area contributed by atoms with Crippen LogP contribution in [0.5, 0.6) is 0 Å². The SMILES string of the molecule is Cc1ccc(CNC2(CO)CC2)s1. The standard InChI is InChI=1S/C10H15NOS/c1-8-2-3-9(13-8)6-11-10(7-12)4-5-10/h2-3,11-12H,4-7H2,1H3. The van der Waals surface area contributed by atoms with E-state index in [4.69, 9.17) is 5.11 Å². The number of thiophene rings is 1. The molecule has 0 radical (unpaired) electrons. The Morgan fingerprint density at radius 3 is 2.77 bits per heavy atom. The molecular formula is C10H15NOS. The molecule has 13 heavy (non-hydrogen) atoms. The van der Waals surface area contributed by atoms with Crippen LogP contribution in [-0.4, -0.2) is 17.3 Å². The molecular weight excluding hydrogens is 182 g/mol. The van der Waals surface area contributed by atoms with Crippen molar-refractivity contribution < 1.29 is 5.11 Å². The van der Waals surface area contributed by atoms with Crippen LogP contribution >= 0.6 is 11.3 Å². The second kappa shape index (κ2) is 3.40. The van der Waals surface area contributed by atoms with Gasteiger partial charge < -0.3 is 10.4 Å². The average Bonchev–Trinajstić information content (AvgIpc) is 2.81. The summed E-state index contributed by atoms with van der Waals surface area (Å²) in [5.74, 6) is 0. The van der Waals surface area contributed by atoms with Gasteiger partial charge in [-0.1, -0.05) is 0 Å². The van der Waals surface area contributed by atoms with Gasteiger partial charge in [0, 0.05) is 21.8 Å². The molecule has 1 aliphatic rings. The van der Waals surface area contributed by atoms with Gasteiger partial charge in [-0.15, -0.1) is 11.3 Å². The highest BCUT2D eigenvalue weighted by Crippen LogP contribution is 2.35. The van der Waals surface area contributed by atoms with Crippen molar-refractivity contribution in [1.29, 1.82) is 0 Å². The number of aliphatic hydroxyl groups excluding tert-OH is 1. The number of aliphatic hydroxyl groups is 1. The quantitative estimate of drug-likeness (QED) is 0.769. The lowest BCUT2D eigenvalue weighted by atomic mass is 10.3. The lowest BCUT2D eigenvalue weighted by molar-refractivity contribution is 0.230. The Bertz CT molecular complexity index is 291. The third kappa shape index (κ3) is 2.10. The first-order valence-corrected chi connectivity index (χ1v) is 5.47. The summed E-state index contributed by atoms with van der Waals surface area (Å²) in [4.78, 5) is 2.71. The molecule has 1 heterocycles. The molecule has 0 aromatic carbocycles. The normalized spacial score (nSPS) is 18.9. The maximum absolute atomic E-state index is 9.08. The van der Waals surface area contributed by atoms with E-state index in [2.05, 4.69) is 24.4 Å². The molecule has 0 spiro atoms. The first-order valence-electron chi connectivity index (χ1n) is 4.65. The highest BCUT2D eigenvalue weighted by atomic mass is 32.1. The first kappa shape index (κ1) is 9.19. The van der Waals surface area contributed by atoms with E-state index in [1.54, 1.807) is 0 Å². The molecule has 0 saturated heterocycles. The van der Waals surface area contributed by atoms with Crippen molar-refractivity contribution in [2.75, 3.05) is 6.61 Å². The molecule has 0 unspecified atom stereocenters. The monoisotopic (exact) mass is 197 g/mol. The lowest BCUT2D eigenvalue weighted by Crippen LogP contribution is -2.33. The third-order valence-electron chi connectivity index (χ3n) is 2.59. The molecule has 0 aliphatic heterocycles. The summed E-state index contributed by atoms with van der Waals surface area (Å²) in [6.07, 6.45) is 2.24. The van der Waals surface area contributed by atoms with Crippen LogP contribution in [0.1, 0.15) is 22.6 Å². The summed E-state index contributed by atoms with van der Waals surface area (Å²) >= 11 is 1.82. The molecule has 3 heteroatoms. The summed E-state index contributed by atoms with van der Waals surface area (Å²) in [5.41, 5.74) is 0.0674. The summed E-state index contributed by atoms with van der Waals surface area (Å²) in [5, 5.41) is 12.5. The Hall–Kier alpha value is -0.380. The van der Waals surface area contributed by atoms with Crippen LogP contribution in [-0.2, 0) is 6.54 Å². The van der Waals surface area contributed by atoms with E-state index < -0.39 is 0 Å². The van der Waals surface area contributed by atoms with E-state index in [-0.39, 0.29) is 12.1 Å². The van der Waals surface area contributed by atoms with E-state index in [1.807, 2.05) is 11.3 Å². The first-order chi connectivity index (χ1) is 6.24. The highest BCUT2D eigenvalue weighted by Gasteiger charge is 2.41. The smallest absolute Gasteiger partial charge is 0.0613 e. The van der Waals surface area contributed by atoms with Crippen LogP contribution in [0.3, 0.4) is 0 Å². The zero-order chi connectivity index (χ0) is 9.31. The zero-order valence-corrected chi connectivity index (χ0v) is 8.66. The van der Waals surface area contributed by atoms with Crippen molar-refractivity contribution in [3.8, 4) is 0 Å². The molecule has 2 nitrogen and oxygen atoms in total. The molecule has 0 amide bonds. The maximum atomic E-state index is 9.08. The fourth-order valence-electron chi connectivity index (χ4n) is 1.40. The third-order valence-corrected chi connectivity index (χ3v) is 3.59. The van der Waals surface area contributed by atoms with Crippen LogP contribution in [0.15, 0.2) is 12.1 Å². The van der Waals surface area contributed by atoms with E-state index in [9.17, 15) is 0 Å². The Labute approximate surface area is 82.6 Å². The van der Waals surface area contributed by atoms with Gasteiger partial charge in [0.1, 0.15) is 0 Å². The molecule has 1 aromatic rings. The van der Waals surface area contributed by atoms with Gasteiger partial charge >= 0.3 is 0 Å². The molecule has 1 aromatic heterocycles. The van der Waals surface area contributed by atoms with E-state index in [1.165, 1.54) is 9.75 Å². The topological polar surface area (TPSA) is 32.3 Å². The van der Waals surface area contributed by atoms with Crippen LogP contribution in [0.4, 0.5) is 0 Å². The van der Waals surface area contributed by atoms with Crippen molar-refractivity contribution in [2.24, 2.45) is 0 Å². The van der Waals surface area contributed by atoms with Crippen LogP contribution in [0.2, 0.25) is 0 Å². The summed E-state index contributed by atoms with van der Waals surface area (Å²) in [7, 11) is 0. The average molecular weight is 197 g/mol. The van der Waals surface area contributed by atoms with Crippen molar-refractivity contribution in [2.45, 2.75) is 31.8 Å². The van der Waals surface area contributed by atoms with Crippen molar-refractivity contribution in [3.05, 3.63) is 21.9 Å². The minimum Gasteiger partial charge on any atom is -0.394 e. The van der Waals surface area contributed by atoms with Gasteiger partial charge in [0.2, 0.25) is 0 Å². The fraction of sp³-hybridized carbons (Fsp3) is 0.600. The van der Waals surface area contributed by atoms with Gasteiger partial charge in [-0.3, -0.25) is 0 Å². The molecule has 1 fully saturated rings. The van der Waals surface area contributed by atoms with Gasteiger partial charge in [0.25, 0.3) is 0 Å². The zero-order valence-electron chi connectivity index (χ0n) is 7.84. The number of hydrogen-bond donors (Lipinski definition) is 2. The van der Waals surface area contributed by atoms with Gasteiger partial charge in [-0.2, -0.15) is 0 Å². The number of aryl methyl sites for hydroxylation is 1. The van der Waals surface area contributed by atoms with Crippen LogP contribution in [0.25, 0.3) is 0 Å². The summed E-state index contributed by atoms with van der Waals surface area (Å²) < 4.78 is 0. The Morgan fingerprint density at radius 1 is 1.54 bits per heavy atom. The lowest BCUT2D eigenvalue weighted by Gasteiger charge is -2.12. The summed E-state index contributed by atoms with van der Waals surface area (Å²) in [6.45, 7) is 3.30. The molecule has 2 rings (SSSR count). The fourth-order valence-corrected chi connectivity index (χ4v) is 2.23. The van der Waals surface area contributed by atoms with Gasteiger partial charge in [0.05, 0.1) is 6.61 Å². The Kier molecular flexibility index (Phi) is 2.41. The highest BCUT2D eigenvalue weighted by molar-refractivity contribution is 7.11. The van der Waals surface area contributed by atoms with Crippen molar-refractivity contribution >= 4 is 11.3 Å². The minimum absolute atomic E-state index is 0.0674.